The first kappa shape index (κ1) is 12.3. The topological polar surface area (TPSA) is 43.8 Å². The normalized spacial score (nSPS) is 12.6. The maximum absolute atomic E-state index is 6.28. The van der Waals surface area contributed by atoms with Gasteiger partial charge in [0.15, 0.2) is 0 Å². The van der Waals surface area contributed by atoms with E-state index in [4.69, 9.17) is 5.73 Å². The number of benzene rings is 1. The second kappa shape index (κ2) is 5.47. The minimum absolute atomic E-state index is 0.124. The highest BCUT2D eigenvalue weighted by atomic mass is 79.9. The summed E-state index contributed by atoms with van der Waals surface area (Å²) in [4.78, 5) is 0. The average molecular weight is 294 g/mol. The predicted octanol–water partition coefficient (Wildman–Crippen LogP) is 3.10. The first-order chi connectivity index (χ1) is 8.22. The first-order valence-corrected chi connectivity index (χ1v) is 6.54. The van der Waals surface area contributed by atoms with Crippen LogP contribution in [-0.4, -0.2) is 9.78 Å². The lowest BCUT2D eigenvalue weighted by atomic mass is 10.0. The van der Waals surface area contributed by atoms with Gasteiger partial charge in [-0.05, 0) is 30.2 Å². The minimum Gasteiger partial charge on any atom is -0.319 e. The molecule has 0 saturated heterocycles. The van der Waals surface area contributed by atoms with Crippen molar-refractivity contribution in [3.63, 3.8) is 0 Å². The van der Waals surface area contributed by atoms with E-state index >= 15 is 0 Å². The molecule has 1 heterocycles. The molecule has 1 aromatic heterocycles. The Morgan fingerprint density at radius 3 is 2.94 bits per heavy atom. The van der Waals surface area contributed by atoms with Crippen LogP contribution in [0.15, 0.2) is 41.0 Å². The average Bonchev–Trinajstić information content (AvgIpc) is 2.77. The molecule has 17 heavy (non-hydrogen) atoms. The van der Waals surface area contributed by atoms with Crippen molar-refractivity contribution in [1.82, 2.24) is 9.78 Å². The Labute approximate surface area is 110 Å². The number of nitrogens with zero attached hydrogens (tertiary/aromatic N) is 2. The smallest absolute Gasteiger partial charge is 0.0723 e. The van der Waals surface area contributed by atoms with Crippen LogP contribution in [0.25, 0.3) is 0 Å². The van der Waals surface area contributed by atoms with Crippen LogP contribution in [0.3, 0.4) is 0 Å². The molecule has 4 heteroatoms. The Hall–Kier alpha value is -1.13. The van der Waals surface area contributed by atoms with Gasteiger partial charge in [-0.15, -0.1) is 0 Å². The lowest BCUT2D eigenvalue weighted by molar-refractivity contribution is 0.559. The Morgan fingerprint density at radius 2 is 2.24 bits per heavy atom. The molecular weight excluding hydrogens is 278 g/mol. The quantitative estimate of drug-likeness (QED) is 0.941. The molecule has 1 atom stereocenters. The van der Waals surface area contributed by atoms with Crippen LogP contribution in [0.1, 0.15) is 30.6 Å². The molecule has 0 aliphatic heterocycles. The molecule has 2 aromatic rings. The van der Waals surface area contributed by atoms with E-state index in [1.54, 1.807) is 0 Å². The van der Waals surface area contributed by atoms with Crippen molar-refractivity contribution in [1.29, 1.82) is 0 Å². The molecule has 0 radical (unpaired) electrons. The Bertz CT molecular complexity index is 493. The zero-order chi connectivity index (χ0) is 12.3. The summed E-state index contributed by atoms with van der Waals surface area (Å²) >= 11 is 3.47. The number of aromatic nitrogens is 2. The van der Waals surface area contributed by atoms with E-state index in [0.717, 1.165) is 28.7 Å². The molecule has 0 spiro atoms. The first-order valence-electron chi connectivity index (χ1n) is 5.75. The Morgan fingerprint density at radius 1 is 1.41 bits per heavy atom. The van der Waals surface area contributed by atoms with Gasteiger partial charge in [0.25, 0.3) is 0 Å². The molecule has 1 unspecified atom stereocenters. The van der Waals surface area contributed by atoms with E-state index in [2.05, 4.69) is 28.0 Å². The molecule has 1 aromatic carbocycles. The van der Waals surface area contributed by atoms with Crippen LogP contribution in [0.5, 0.6) is 0 Å². The molecular formula is C13H16BrN3. The van der Waals surface area contributed by atoms with E-state index in [-0.39, 0.29) is 6.04 Å². The summed E-state index contributed by atoms with van der Waals surface area (Å²) in [5.41, 5.74) is 8.43. The molecule has 2 N–H and O–H groups in total. The van der Waals surface area contributed by atoms with Crippen molar-refractivity contribution < 1.29 is 0 Å². The highest BCUT2D eigenvalue weighted by Crippen LogP contribution is 2.22. The zero-order valence-corrected chi connectivity index (χ0v) is 11.4. The van der Waals surface area contributed by atoms with E-state index in [0.29, 0.717) is 0 Å². The highest BCUT2D eigenvalue weighted by Gasteiger charge is 2.13. The second-order valence-electron chi connectivity index (χ2n) is 4.01. The summed E-state index contributed by atoms with van der Waals surface area (Å²) in [6.07, 6.45) is 2.86. The Kier molecular flexibility index (Phi) is 3.97. The number of hydrogen-bond donors (Lipinski definition) is 1. The largest absolute Gasteiger partial charge is 0.319 e. The summed E-state index contributed by atoms with van der Waals surface area (Å²) in [6, 6.07) is 9.95. The van der Waals surface area contributed by atoms with E-state index in [1.807, 2.05) is 41.2 Å². The highest BCUT2D eigenvalue weighted by molar-refractivity contribution is 9.10. The van der Waals surface area contributed by atoms with Crippen molar-refractivity contribution in [2.75, 3.05) is 0 Å². The van der Waals surface area contributed by atoms with Crippen LogP contribution < -0.4 is 5.73 Å². The number of hydrogen-bond acceptors (Lipinski definition) is 2. The standard InChI is InChI=1S/C13H16BrN3/c1-2-8-17-12(6-7-16-17)13(15)10-4-3-5-11(14)9-10/h3-7,9,13H,2,8,15H2,1H3. The van der Waals surface area contributed by atoms with Gasteiger partial charge in [-0.25, -0.2) is 0 Å². The zero-order valence-electron chi connectivity index (χ0n) is 9.81. The number of rotatable bonds is 4. The summed E-state index contributed by atoms with van der Waals surface area (Å²) < 4.78 is 3.03. The van der Waals surface area contributed by atoms with Crippen LogP contribution >= 0.6 is 15.9 Å². The third kappa shape index (κ3) is 2.76. The van der Waals surface area contributed by atoms with Crippen LogP contribution in [0, 0.1) is 0 Å². The Balaban J connectivity index is 2.30. The maximum atomic E-state index is 6.28. The molecule has 2 rings (SSSR count). The van der Waals surface area contributed by atoms with Crippen molar-refractivity contribution in [2.24, 2.45) is 5.73 Å². The van der Waals surface area contributed by atoms with Gasteiger partial charge < -0.3 is 5.73 Å². The van der Waals surface area contributed by atoms with Crippen LogP contribution in [-0.2, 0) is 6.54 Å². The summed E-state index contributed by atoms with van der Waals surface area (Å²) in [5.74, 6) is 0. The summed E-state index contributed by atoms with van der Waals surface area (Å²) in [7, 11) is 0. The second-order valence-corrected chi connectivity index (χ2v) is 4.93. The van der Waals surface area contributed by atoms with Gasteiger partial charge in [0.1, 0.15) is 0 Å². The minimum atomic E-state index is -0.124. The van der Waals surface area contributed by atoms with Crippen molar-refractivity contribution in [3.8, 4) is 0 Å². The summed E-state index contributed by atoms with van der Waals surface area (Å²) in [6.45, 7) is 3.04. The van der Waals surface area contributed by atoms with Gasteiger partial charge in [0.05, 0.1) is 11.7 Å². The van der Waals surface area contributed by atoms with Gasteiger partial charge >= 0.3 is 0 Å². The molecule has 0 aliphatic rings. The number of nitrogens with two attached hydrogens (primary N) is 1. The van der Waals surface area contributed by atoms with Gasteiger partial charge in [-0.2, -0.15) is 5.10 Å². The maximum Gasteiger partial charge on any atom is 0.0723 e. The van der Waals surface area contributed by atoms with Gasteiger partial charge in [-0.1, -0.05) is 35.0 Å². The van der Waals surface area contributed by atoms with E-state index in [1.165, 1.54) is 0 Å². The monoisotopic (exact) mass is 293 g/mol. The molecule has 90 valence electrons. The summed E-state index contributed by atoms with van der Waals surface area (Å²) in [5, 5.41) is 4.30. The van der Waals surface area contributed by atoms with E-state index in [9.17, 15) is 0 Å². The number of halogens is 1. The third-order valence-electron chi connectivity index (χ3n) is 2.71. The lowest BCUT2D eigenvalue weighted by Crippen LogP contribution is -2.17. The van der Waals surface area contributed by atoms with E-state index < -0.39 is 0 Å². The van der Waals surface area contributed by atoms with Crippen molar-refractivity contribution >= 4 is 15.9 Å². The fraction of sp³-hybridized carbons (Fsp3) is 0.308. The van der Waals surface area contributed by atoms with Crippen molar-refractivity contribution in [2.45, 2.75) is 25.9 Å². The molecule has 0 bridgehead atoms. The molecule has 0 saturated carbocycles. The van der Waals surface area contributed by atoms with Gasteiger partial charge in [0, 0.05) is 17.2 Å². The van der Waals surface area contributed by atoms with Gasteiger partial charge in [-0.3, -0.25) is 4.68 Å². The fourth-order valence-electron chi connectivity index (χ4n) is 1.88. The molecule has 3 nitrogen and oxygen atoms in total. The molecule has 0 fully saturated rings. The predicted molar refractivity (Wildman–Crippen MR) is 72.7 cm³/mol. The van der Waals surface area contributed by atoms with Crippen LogP contribution in [0.2, 0.25) is 0 Å². The molecule has 0 amide bonds. The fourth-order valence-corrected chi connectivity index (χ4v) is 2.29. The van der Waals surface area contributed by atoms with Crippen LogP contribution in [0.4, 0.5) is 0 Å². The van der Waals surface area contributed by atoms with Crippen molar-refractivity contribution in [3.05, 3.63) is 52.3 Å². The third-order valence-corrected chi connectivity index (χ3v) is 3.20. The SMILES string of the molecule is CCCn1nccc1C(N)c1cccc(Br)c1. The number of aryl methyl sites for hydroxylation is 1. The molecule has 0 aliphatic carbocycles. The lowest BCUT2D eigenvalue weighted by Gasteiger charge is -2.14. The van der Waals surface area contributed by atoms with Gasteiger partial charge in [0.2, 0.25) is 0 Å².